The third-order valence-electron chi connectivity index (χ3n) is 3.46. The second kappa shape index (κ2) is 4.69. The quantitative estimate of drug-likeness (QED) is 0.853. The molecule has 0 saturated carbocycles. The summed E-state index contributed by atoms with van der Waals surface area (Å²) in [6.07, 6.45) is 4.60. The van der Waals surface area contributed by atoms with Crippen molar-refractivity contribution >= 4 is 5.91 Å². The Labute approximate surface area is 107 Å². The average molecular weight is 242 g/mol. The highest BCUT2D eigenvalue weighted by atomic mass is 16.1. The van der Waals surface area contributed by atoms with Gasteiger partial charge in [-0.05, 0) is 36.8 Å². The topological polar surface area (TPSA) is 55.1 Å². The maximum Gasteiger partial charge on any atom is 0.247 e. The lowest BCUT2D eigenvalue weighted by atomic mass is 9.79. The fourth-order valence-corrected chi connectivity index (χ4v) is 2.48. The number of primary amides is 1. The lowest BCUT2D eigenvalue weighted by molar-refractivity contribution is -0.115. The molecule has 0 aliphatic carbocycles. The van der Waals surface area contributed by atoms with Crippen molar-refractivity contribution in [2.24, 2.45) is 5.73 Å². The van der Waals surface area contributed by atoms with Crippen molar-refractivity contribution < 1.29 is 4.79 Å². The molecule has 3 nitrogen and oxygen atoms in total. The normalized spacial score (nSPS) is 22.8. The van der Waals surface area contributed by atoms with Crippen molar-refractivity contribution in [2.75, 3.05) is 0 Å². The van der Waals surface area contributed by atoms with E-state index in [4.69, 9.17) is 5.73 Å². The van der Waals surface area contributed by atoms with Crippen LogP contribution in [0.4, 0.5) is 0 Å². The average Bonchev–Trinajstić information content (AvgIpc) is 2.39. The van der Waals surface area contributed by atoms with Gasteiger partial charge < -0.3 is 11.1 Å². The predicted molar refractivity (Wildman–Crippen MR) is 72.6 cm³/mol. The molecule has 1 heterocycles. The molecule has 3 heteroatoms. The summed E-state index contributed by atoms with van der Waals surface area (Å²) in [7, 11) is 0. The maximum atomic E-state index is 11.8. The molecule has 1 atom stereocenters. The fraction of sp³-hybridized carbons (Fsp3) is 0.267. The largest absolute Gasteiger partial charge is 0.378 e. The minimum Gasteiger partial charge on any atom is -0.378 e. The molecule has 1 amide bonds. The zero-order chi connectivity index (χ0) is 13.2. The Morgan fingerprint density at radius 1 is 1.33 bits per heavy atom. The van der Waals surface area contributed by atoms with Crippen molar-refractivity contribution in [3.63, 3.8) is 0 Å². The van der Waals surface area contributed by atoms with Gasteiger partial charge in [-0.25, -0.2) is 0 Å². The summed E-state index contributed by atoms with van der Waals surface area (Å²) in [4.78, 5) is 11.8. The van der Waals surface area contributed by atoms with Gasteiger partial charge in [-0.3, -0.25) is 4.79 Å². The maximum absolute atomic E-state index is 11.8. The summed E-state index contributed by atoms with van der Waals surface area (Å²) in [5, 5.41) is 3.27. The molecule has 94 valence electrons. The van der Waals surface area contributed by atoms with Gasteiger partial charge in [0.2, 0.25) is 5.91 Å². The molecular formula is C15H18N2O. The number of hydrogen-bond acceptors (Lipinski definition) is 2. The van der Waals surface area contributed by atoms with Crippen molar-refractivity contribution in [3.05, 3.63) is 59.3 Å². The van der Waals surface area contributed by atoms with Gasteiger partial charge in [0.25, 0.3) is 0 Å². The Balaban J connectivity index is 2.60. The summed E-state index contributed by atoms with van der Waals surface area (Å²) in [6.45, 7) is 4.01. The molecule has 3 N–H and O–H groups in total. The number of carbonyl (C=O) groups excluding carboxylic acids is 1. The van der Waals surface area contributed by atoms with E-state index in [-0.39, 0.29) is 5.91 Å². The van der Waals surface area contributed by atoms with Gasteiger partial charge in [0.05, 0.1) is 5.54 Å². The van der Waals surface area contributed by atoms with E-state index in [1.54, 1.807) is 0 Å². The van der Waals surface area contributed by atoms with E-state index in [2.05, 4.69) is 5.32 Å². The highest BCUT2D eigenvalue weighted by molar-refractivity contribution is 5.96. The summed E-state index contributed by atoms with van der Waals surface area (Å²) in [5.41, 5.74) is 7.71. The Bertz CT molecular complexity index is 517. The standard InChI is InChI=1S/C15H18N2O/c1-3-11-9-10-17-15(2,13(11)14(16)18)12-7-5-4-6-8-12/h4-10,17H,3H2,1-2H3,(H2,16,18). The molecule has 0 aromatic heterocycles. The van der Waals surface area contributed by atoms with Crippen LogP contribution >= 0.6 is 0 Å². The van der Waals surface area contributed by atoms with Crippen LogP contribution in [-0.4, -0.2) is 5.91 Å². The van der Waals surface area contributed by atoms with E-state index in [9.17, 15) is 4.79 Å². The van der Waals surface area contributed by atoms with Crippen molar-refractivity contribution in [1.29, 1.82) is 0 Å². The van der Waals surface area contributed by atoms with E-state index in [0.717, 1.165) is 17.6 Å². The molecule has 1 aromatic rings. The van der Waals surface area contributed by atoms with Crippen LogP contribution in [0, 0.1) is 0 Å². The molecule has 2 rings (SSSR count). The predicted octanol–water partition coefficient (Wildman–Crippen LogP) is 2.21. The van der Waals surface area contributed by atoms with Gasteiger partial charge >= 0.3 is 0 Å². The third-order valence-corrected chi connectivity index (χ3v) is 3.46. The van der Waals surface area contributed by atoms with Crippen LogP contribution in [0.1, 0.15) is 25.8 Å². The minimum atomic E-state index is -0.548. The van der Waals surface area contributed by atoms with Crippen LogP contribution < -0.4 is 11.1 Å². The molecule has 0 fully saturated rings. The number of rotatable bonds is 3. The van der Waals surface area contributed by atoms with E-state index >= 15 is 0 Å². The Kier molecular flexibility index (Phi) is 3.24. The Hall–Kier alpha value is -2.03. The van der Waals surface area contributed by atoms with Gasteiger partial charge in [0, 0.05) is 5.57 Å². The SMILES string of the molecule is CCC1=C(C(N)=O)C(C)(c2ccccc2)NC=C1. The molecule has 1 aromatic carbocycles. The number of allylic oxidation sites excluding steroid dienone is 2. The third kappa shape index (κ3) is 1.92. The first-order valence-corrected chi connectivity index (χ1v) is 6.12. The van der Waals surface area contributed by atoms with E-state index in [1.807, 2.05) is 56.5 Å². The van der Waals surface area contributed by atoms with Crippen molar-refractivity contribution in [3.8, 4) is 0 Å². The summed E-state index contributed by atoms with van der Waals surface area (Å²) >= 11 is 0. The lowest BCUT2D eigenvalue weighted by Crippen LogP contribution is -2.45. The molecule has 1 aliphatic rings. The van der Waals surface area contributed by atoms with Crippen LogP contribution in [-0.2, 0) is 10.3 Å². The molecule has 1 aliphatic heterocycles. The monoisotopic (exact) mass is 242 g/mol. The van der Waals surface area contributed by atoms with Crippen molar-refractivity contribution in [1.82, 2.24) is 5.32 Å². The second-order valence-corrected chi connectivity index (χ2v) is 4.59. The van der Waals surface area contributed by atoms with Crippen LogP contribution in [0.15, 0.2) is 53.8 Å². The molecule has 18 heavy (non-hydrogen) atoms. The number of nitrogens with two attached hydrogens (primary N) is 1. The highest BCUT2D eigenvalue weighted by Gasteiger charge is 2.36. The number of nitrogens with one attached hydrogen (secondary N) is 1. The van der Waals surface area contributed by atoms with Crippen LogP contribution in [0.3, 0.4) is 0 Å². The molecule has 0 saturated heterocycles. The Morgan fingerprint density at radius 2 is 2.00 bits per heavy atom. The van der Waals surface area contributed by atoms with Crippen LogP contribution in [0.5, 0.6) is 0 Å². The fourth-order valence-electron chi connectivity index (χ4n) is 2.48. The van der Waals surface area contributed by atoms with Gasteiger partial charge in [-0.1, -0.05) is 37.3 Å². The number of carbonyl (C=O) groups is 1. The number of benzene rings is 1. The first-order valence-electron chi connectivity index (χ1n) is 6.12. The summed E-state index contributed by atoms with van der Waals surface area (Å²) < 4.78 is 0. The summed E-state index contributed by atoms with van der Waals surface area (Å²) in [5.74, 6) is -0.366. The smallest absolute Gasteiger partial charge is 0.247 e. The van der Waals surface area contributed by atoms with Crippen LogP contribution in [0.2, 0.25) is 0 Å². The number of hydrogen-bond donors (Lipinski definition) is 2. The minimum absolute atomic E-state index is 0.366. The van der Waals surface area contributed by atoms with Gasteiger partial charge in [-0.2, -0.15) is 0 Å². The first kappa shape index (κ1) is 12.4. The van der Waals surface area contributed by atoms with E-state index in [0.29, 0.717) is 5.57 Å². The zero-order valence-corrected chi connectivity index (χ0v) is 10.7. The second-order valence-electron chi connectivity index (χ2n) is 4.59. The van der Waals surface area contributed by atoms with Crippen LogP contribution in [0.25, 0.3) is 0 Å². The number of dihydropyridines is 1. The molecular weight excluding hydrogens is 224 g/mol. The van der Waals surface area contributed by atoms with E-state index < -0.39 is 5.54 Å². The summed E-state index contributed by atoms with van der Waals surface area (Å²) in [6, 6.07) is 9.89. The van der Waals surface area contributed by atoms with Gasteiger partial charge in [-0.15, -0.1) is 0 Å². The molecule has 0 radical (unpaired) electrons. The van der Waals surface area contributed by atoms with Crippen molar-refractivity contribution in [2.45, 2.75) is 25.8 Å². The molecule has 0 bridgehead atoms. The molecule has 0 spiro atoms. The lowest BCUT2D eigenvalue weighted by Gasteiger charge is -2.36. The Morgan fingerprint density at radius 3 is 2.56 bits per heavy atom. The highest BCUT2D eigenvalue weighted by Crippen LogP contribution is 2.34. The van der Waals surface area contributed by atoms with E-state index in [1.165, 1.54) is 0 Å². The van der Waals surface area contributed by atoms with Gasteiger partial charge in [0.15, 0.2) is 0 Å². The first-order chi connectivity index (χ1) is 8.59. The zero-order valence-electron chi connectivity index (χ0n) is 10.7. The number of amides is 1. The van der Waals surface area contributed by atoms with Gasteiger partial charge in [0.1, 0.15) is 0 Å². The molecule has 1 unspecified atom stereocenters.